The summed E-state index contributed by atoms with van der Waals surface area (Å²) in [7, 11) is 0. The van der Waals surface area contributed by atoms with E-state index in [1.54, 1.807) is 25.3 Å². The summed E-state index contributed by atoms with van der Waals surface area (Å²) in [6.07, 6.45) is 6.52. The molecule has 0 unspecified atom stereocenters. The van der Waals surface area contributed by atoms with Crippen LogP contribution < -0.4 is 4.90 Å². The first-order chi connectivity index (χ1) is 14.6. The van der Waals surface area contributed by atoms with E-state index in [1.807, 2.05) is 35.4 Å². The van der Waals surface area contributed by atoms with Crippen LogP contribution in [0.4, 0.5) is 5.69 Å². The number of fused-ring (bicyclic) bond motifs is 4. The zero-order valence-corrected chi connectivity index (χ0v) is 17.0. The van der Waals surface area contributed by atoms with Crippen molar-refractivity contribution in [2.75, 3.05) is 24.5 Å². The van der Waals surface area contributed by atoms with Crippen molar-refractivity contribution in [1.82, 2.24) is 14.5 Å². The van der Waals surface area contributed by atoms with Crippen LogP contribution in [0.2, 0.25) is 0 Å². The molecule has 30 heavy (non-hydrogen) atoms. The molecule has 6 nitrogen and oxygen atoms in total. The molecule has 6 heteroatoms. The minimum atomic E-state index is -0.372. The lowest BCUT2D eigenvalue weighted by atomic mass is 9.89. The number of carbonyl (C=O) groups is 1. The fourth-order valence-electron chi connectivity index (χ4n) is 4.90. The van der Waals surface area contributed by atoms with Gasteiger partial charge in [-0.3, -0.25) is 4.79 Å². The largest absolute Gasteiger partial charge is 0.507 e. The molecule has 0 aliphatic carbocycles. The number of phenolic OH excluding ortho intramolecular Hbond substituents is 1. The quantitative estimate of drug-likeness (QED) is 0.682. The Morgan fingerprint density at radius 3 is 2.97 bits per heavy atom. The Kier molecular flexibility index (Phi) is 4.17. The zero-order valence-electron chi connectivity index (χ0n) is 17.0. The van der Waals surface area contributed by atoms with E-state index in [4.69, 9.17) is 0 Å². The Morgan fingerprint density at radius 1 is 1.27 bits per heavy atom. The normalized spacial score (nSPS) is 19.6. The number of aromatic hydroxyl groups is 1. The summed E-state index contributed by atoms with van der Waals surface area (Å²) in [4.78, 5) is 22.1. The first kappa shape index (κ1) is 18.5. The molecule has 5 rings (SSSR count). The average molecular weight is 400 g/mol. The van der Waals surface area contributed by atoms with Gasteiger partial charge in [0.05, 0.1) is 16.9 Å². The minimum absolute atomic E-state index is 0.0629. The van der Waals surface area contributed by atoms with Crippen molar-refractivity contribution in [3.63, 3.8) is 0 Å². The minimum Gasteiger partial charge on any atom is -0.507 e. The van der Waals surface area contributed by atoms with Crippen LogP contribution >= 0.6 is 0 Å². The van der Waals surface area contributed by atoms with Crippen molar-refractivity contribution in [2.45, 2.75) is 18.9 Å². The van der Waals surface area contributed by atoms with E-state index in [0.29, 0.717) is 30.8 Å². The van der Waals surface area contributed by atoms with E-state index in [9.17, 15) is 9.90 Å². The molecule has 1 fully saturated rings. The van der Waals surface area contributed by atoms with Crippen LogP contribution in [0, 0.1) is 6.92 Å². The predicted octanol–water partition coefficient (Wildman–Crippen LogP) is 3.63. The SMILES string of the molecule is C=CCN1c2cccnc2-n2cccc2[C@@]12CCN(C(=O)c1cccc(C)c1O)C2. The highest BCUT2D eigenvalue weighted by atomic mass is 16.3. The molecule has 0 saturated carbocycles. The van der Waals surface area contributed by atoms with Crippen LogP contribution in [-0.4, -0.2) is 45.1 Å². The molecule has 2 aliphatic rings. The van der Waals surface area contributed by atoms with E-state index < -0.39 is 0 Å². The van der Waals surface area contributed by atoms with Gasteiger partial charge in [-0.1, -0.05) is 18.2 Å². The summed E-state index contributed by atoms with van der Waals surface area (Å²) in [5, 5.41) is 10.4. The molecule has 0 radical (unpaired) electrons. The van der Waals surface area contributed by atoms with Gasteiger partial charge >= 0.3 is 0 Å². The highest BCUT2D eigenvalue weighted by molar-refractivity contribution is 5.97. The highest BCUT2D eigenvalue weighted by Gasteiger charge is 2.50. The molecular weight excluding hydrogens is 376 g/mol. The van der Waals surface area contributed by atoms with Crippen molar-refractivity contribution in [2.24, 2.45) is 0 Å². The van der Waals surface area contributed by atoms with Gasteiger partial charge < -0.3 is 19.5 Å². The summed E-state index contributed by atoms with van der Waals surface area (Å²) in [5.74, 6) is 0.820. The van der Waals surface area contributed by atoms with Gasteiger partial charge in [-0.25, -0.2) is 4.98 Å². The molecule has 1 N–H and O–H groups in total. The number of aryl methyl sites for hydroxylation is 1. The molecule has 1 saturated heterocycles. The number of para-hydroxylation sites is 1. The number of anilines is 1. The van der Waals surface area contributed by atoms with Gasteiger partial charge in [0.25, 0.3) is 5.91 Å². The number of rotatable bonds is 3. The fraction of sp³-hybridized carbons (Fsp3) is 0.250. The molecule has 1 amide bonds. The van der Waals surface area contributed by atoms with Crippen molar-refractivity contribution in [1.29, 1.82) is 0 Å². The number of benzene rings is 1. The summed E-state index contributed by atoms with van der Waals surface area (Å²) in [6, 6.07) is 13.5. The number of pyridine rings is 1. The Hall–Kier alpha value is -3.54. The third kappa shape index (κ3) is 2.49. The lowest BCUT2D eigenvalue weighted by Crippen LogP contribution is -2.52. The number of nitrogens with zero attached hydrogens (tertiary/aromatic N) is 4. The fourth-order valence-corrected chi connectivity index (χ4v) is 4.90. The number of hydrogen-bond acceptors (Lipinski definition) is 4. The molecule has 1 aromatic carbocycles. The molecule has 4 heterocycles. The lowest BCUT2D eigenvalue weighted by Gasteiger charge is -2.46. The predicted molar refractivity (Wildman–Crippen MR) is 116 cm³/mol. The van der Waals surface area contributed by atoms with Gasteiger partial charge in [0, 0.05) is 32.0 Å². The van der Waals surface area contributed by atoms with Crippen LogP contribution in [0.15, 0.2) is 67.5 Å². The second-order valence-electron chi connectivity index (χ2n) is 7.99. The summed E-state index contributed by atoms with van der Waals surface area (Å²) >= 11 is 0. The summed E-state index contributed by atoms with van der Waals surface area (Å²) < 4.78 is 2.13. The molecule has 0 bridgehead atoms. The van der Waals surface area contributed by atoms with Crippen molar-refractivity contribution >= 4 is 11.6 Å². The van der Waals surface area contributed by atoms with Gasteiger partial charge in [0.1, 0.15) is 11.3 Å². The monoisotopic (exact) mass is 400 g/mol. The van der Waals surface area contributed by atoms with E-state index in [-0.39, 0.29) is 17.2 Å². The third-order valence-electron chi connectivity index (χ3n) is 6.34. The highest BCUT2D eigenvalue weighted by Crippen LogP contribution is 2.47. The van der Waals surface area contributed by atoms with Crippen molar-refractivity contribution in [3.8, 4) is 11.6 Å². The average Bonchev–Trinajstić information content (AvgIpc) is 3.42. The first-order valence-electron chi connectivity index (χ1n) is 10.2. The van der Waals surface area contributed by atoms with Crippen LogP contribution in [0.25, 0.3) is 5.82 Å². The maximum Gasteiger partial charge on any atom is 0.257 e. The number of carbonyl (C=O) groups excluding carboxylic acids is 1. The Balaban J connectivity index is 1.58. The molecule has 1 spiro atoms. The van der Waals surface area contributed by atoms with Gasteiger partial charge in [-0.05, 0) is 49.2 Å². The summed E-state index contributed by atoms with van der Waals surface area (Å²) in [5.41, 5.74) is 2.85. The van der Waals surface area contributed by atoms with E-state index in [1.165, 1.54) is 0 Å². The van der Waals surface area contributed by atoms with Crippen molar-refractivity contribution < 1.29 is 9.90 Å². The lowest BCUT2D eigenvalue weighted by molar-refractivity contribution is 0.0779. The van der Waals surface area contributed by atoms with Gasteiger partial charge in [-0.2, -0.15) is 0 Å². The smallest absolute Gasteiger partial charge is 0.257 e. The standard InChI is InChI=1S/C24H24N4O2/c1-3-13-28-19-9-5-12-25-22(19)27-14-6-10-20(27)24(28)11-15-26(16-24)23(30)18-8-4-7-17(2)21(18)29/h3-10,12,14,29H,1,11,13,15-16H2,2H3/t24-/m0/s1. The molecule has 2 aromatic heterocycles. The first-order valence-corrected chi connectivity index (χ1v) is 10.2. The Morgan fingerprint density at radius 2 is 2.13 bits per heavy atom. The Bertz CT molecular complexity index is 1150. The molecule has 1 atom stereocenters. The number of hydrogen-bond donors (Lipinski definition) is 1. The maximum absolute atomic E-state index is 13.3. The topological polar surface area (TPSA) is 61.6 Å². The van der Waals surface area contributed by atoms with Crippen LogP contribution in [0.5, 0.6) is 5.75 Å². The van der Waals surface area contributed by atoms with Gasteiger partial charge in [-0.15, -0.1) is 6.58 Å². The number of amides is 1. The van der Waals surface area contributed by atoms with Gasteiger partial charge in [0.2, 0.25) is 0 Å². The second kappa shape index (κ2) is 6.76. The number of likely N-dealkylation sites (tertiary alicyclic amines) is 1. The molecular formula is C24H24N4O2. The van der Waals surface area contributed by atoms with Crippen molar-refractivity contribution in [3.05, 3.63) is 84.3 Å². The molecule has 2 aliphatic heterocycles. The summed E-state index contributed by atoms with van der Waals surface area (Å²) in [6.45, 7) is 7.57. The third-order valence-corrected chi connectivity index (χ3v) is 6.34. The van der Waals surface area contributed by atoms with Crippen LogP contribution in [0.1, 0.15) is 28.0 Å². The van der Waals surface area contributed by atoms with E-state index in [2.05, 4.69) is 33.2 Å². The van der Waals surface area contributed by atoms with E-state index >= 15 is 0 Å². The number of phenols is 1. The van der Waals surface area contributed by atoms with Crippen LogP contribution in [-0.2, 0) is 5.54 Å². The zero-order chi connectivity index (χ0) is 20.9. The molecule has 3 aromatic rings. The van der Waals surface area contributed by atoms with E-state index in [0.717, 1.165) is 23.6 Å². The molecule has 152 valence electrons. The maximum atomic E-state index is 13.3. The Labute approximate surface area is 175 Å². The van der Waals surface area contributed by atoms with Gasteiger partial charge in [0.15, 0.2) is 5.82 Å². The number of aromatic nitrogens is 2. The van der Waals surface area contributed by atoms with Crippen LogP contribution in [0.3, 0.4) is 0 Å². The second-order valence-corrected chi connectivity index (χ2v) is 7.99.